The number of carbonyl (C=O) groups is 1. The van der Waals surface area contributed by atoms with E-state index in [-0.39, 0.29) is 5.91 Å². The number of rotatable bonds is 7. The van der Waals surface area contributed by atoms with E-state index < -0.39 is 0 Å². The molecule has 3 nitrogen and oxygen atoms in total. The number of hydrogen-bond donors (Lipinski definition) is 1. The van der Waals surface area contributed by atoms with Gasteiger partial charge in [0.05, 0.1) is 0 Å². The van der Waals surface area contributed by atoms with Crippen molar-refractivity contribution in [2.75, 3.05) is 0 Å². The molecule has 2 rings (SSSR count). The van der Waals surface area contributed by atoms with E-state index in [0.717, 1.165) is 35.4 Å². The van der Waals surface area contributed by atoms with Crippen molar-refractivity contribution >= 4 is 17.2 Å². The third kappa shape index (κ3) is 4.46. The highest BCUT2D eigenvalue weighted by Crippen LogP contribution is 2.21. The summed E-state index contributed by atoms with van der Waals surface area (Å²) in [7, 11) is 0. The van der Waals surface area contributed by atoms with Crippen LogP contribution in [0.15, 0.2) is 35.8 Å². The van der Waals surface area contributed by atoms with Gasteiger partial charge in [-0.2, -0.15) is 0 Å². The van der Waals surface area contributed by atoms with Crippen LogP contribution in [0.4, 0.5) is 0 Å². The maximum atomic E-state index is 11.6. The first-order chi connectivity index (χ1) is 9.79. The molecule has 1 amide bonds. The fourth-order valence-electron chi connectivity index (χ4n) is 1.96. The number of nitrogens with zero attached hydrogens (tertiary/aromatic N) is 1. The lowest BCUT2D eigenvalue weighted by molar-refractivity contribution is -0.121. The summed E-state index contributed by atoms with van der Waals surface area (Å²) in [5.41, 5.74) is 2.24. The van der Waals surface area contributed by atoms with Gasteiger partial charge in [0, 0.05) is 30.1 Å². The summed E-state index contributed by atoms with van der Waals surface area (Å²) in [5.74, 6) is 0.141. The first kappa shape index (κ1) is 14.7. The molecule has 0 aliphatic carbocycles. The Labute approximate surface area is 124 Å². The van der Waals surface area contributed by atoms with E-state index in [9.17, 15) is 4.79 Å². The molecule has 2 aromatic rings. The minimum atomic E-state index is 0.141. The lowest BCUT2D eigenvalue weighted by atomic mass is 10.1. The first-order valence-corrected chi connectivity index (χ1v) is 7.93. The Balaban J connectivity index is 1.81. The predicted molar refractivity (Wildman–Crippen MR) is 83.5 cm³/mol. The van der Waals surface area contributed by atoms with Crippen molar-refractivity contribution in [1.29, 1.82) is 0 Å². The van der Waals surface area contributed by atoms with Crippen LogP contribution >= 0.6 is 11.3 Å². The van der Waals surface area contributed by atoms with E-state index in [2.05, 4.69) is 29.4 Å². The molecule has 106 valence electrons. The summed E-state index contributed by atoms with van der Waals surface area (Å²) in [6, 6.07) is 8.20. The number of hydrogen-bond acceptors (Lipinski definition) is 3. The van der Waals surface area contributed by atoms with Gasteiger partial charge in [-0.05, 0) is 12.0 Å². The van der Waals surface area contributed by atoms with Gasteiger partial charge in [0.25, 0.3) is 0 Å². The normalized spacial score (nSPS) is 10.4. The number of aromatic nitrogens is 1. The molecule has 1 heterocycles. The number of amides is 1. The third-order valence-electron chi connectivity index (χ3n) is 3.13. The molecule has 0 radical (unpaired) electrons. The van der Waals surface area contributed by atoms with Gasteiger partial charge in [-0.3, -0.25) is 4.79 Å². The Morgan fingerprint density at radius 1 is 1.25 bits per heavy atom. The van der Waals surface area contributed by atoms with Gasteiger partial charge in [0.2, 0.25) is 5.91 Å². The van der Waals surface area contributed by atoms with Gasteiger partial charge in [0.1, 0.15) is 5.01 Å². The van der Waals surface area contributed by atoms with E-state index in [0.29, 0.717) is 13.0 Å². The van der Waals surface area contributed by atoms with Crippen LogP contribution in [0.2, 0.25) is 0 Å². The topological polar surface area (TPSA) is 42.0 Å². The van der Waals surface area contributed by atoms with Crippen molar-refractivity contribution < 1.29 is 4.79 Å². The highest BCUT2D eigenvalue weighted by Gasteiger charge is 2.03. The second-order valence-corrected chi connectivity index (χ2v) is 5.66. The second kappa shape index (κ2) is 7.80. The molecular weight excluding hydrogens is 268 g/mol. The van der Waals surface area contributed by atoms with Crippen molar-refractivity contribution in [2.45, 2.75) is 39.2 Å². The number of unbranched alkanes of at least 4 members (excludes halogenated alkanes) is 2. The first-order valence-electron chi connectivity index (χ1n) is 7.05. The van der Waals surface area contributed by atoms with E-state index in [1.165, 1.54) is 0 Å². The van der Waals surface area contributed by atoms with Crippen LogP contribution in [-0.4, -0.2) is 10.9 Å². The maximum absolute atomic E-state index is 11.6. The average Bonchev–Trinajstić information content (AvgIpc) is 3.00. The molecule has 0 bridgehead atoms. The van der Waals surface area contributed by atoms with Crippen molar-refractivity contribution in [3.05, 3.63) is 41.4 Å². The molecule has 0 unspecified atom stereocenters. The van der Waals surface area contributed by atoms with Crippen LogP contribution in [0, 0.1) is 0 Å². The van der Waals surface area contributed by atoms with Gasteiger partial charge in [-0.25, -0.2) is 4.98 Å². The van der Waals surface area contributed by atoms with Gasteiger partial charge >= 0.3 is 0 Å². The quantitative estimate of drug-likeness (QED) is 0.782. The Morgan fingerprint density at radius 2 is 2.05 bits per heavy atom. The van der Waals surface area contributed by atoms with Crippen LogP contribution < -0.4 is 5.32 Å². The lowest BCUT2D eigenvalue weighted by Crippen LogP contribution is -2.22. The van der Waals surface area contributed by atoms with Crippen molar-refractivity contribution in [2.24, 2.45) is 0 Å². The average molecular weight is 288 g/mol. The minimum absolute atomic E-state index is 0.141. The molecule has 20 heavy (non-hydrogen) atoms. The third-order valence-corrected chi connectivity index (χ3v) is 3.95. The maximum Gasteiger partial charge on any atom is 0.220 e. The molecule has 0 saturated carbocycles. The highest BCUT2D eigenvalue weighted by atomic mass is 32.1. The number of thiazole rings is 1. The zero-order valence-corrected chi connectivity index (χ0v) is 12.6. The molecule has 0 aliphatic rings. The van der Waals surface area contributed by atoms with Crippen molar-refractivity contribution in [3.63, 3.8) is 0 Å². The zero-order valence-electron chi connectivity index (χ0n) is 11.8. The number of carbonyl (C=O) groups excluding carboxylic acids is 1. The minimum Gasteiger partial charge on any atom is -0.352 e. The molecule has 0 spiro atoms. The van der Waals surface area contributed by atoms with Crippen LogP contribution in [0.25, 0.3) is 10.6 Å². The molecule has 0 saturated heterocycles. The van der Waals surface area contributed by atoms with Crippen LogP contribution in [0.5, 0.6) is 0 Å². The lowest BCUT2D eigenvalue weighted by Gasteiger charge is -2.06. The molecule has 0 fully saturated rings. The molecule has 1 aromatic carbocycles. The van der Waals surface area contributed by atoms with Crippen LogP contribution in [0.3, 0.4) is 0 Å². The molecule has 1 aromatic heterocycles. The smallest absolute Gasteiger partial charge is 0.220 e. The number of nitrogens with one attached hydrogen (secondary N) is 1. The van der Waals surface area contributed by atoms with Crippen LogP contribution in [0.1, 0.15) is 38.2 Å². The van der Waals surface area contributed by atoms with E-state index in [1.54, 1.807) is 11.3 Å². The summed E-state index contributed by atoms with van der Waals surface area (Å²) in [6.45, 7) is 2.74. The largest absolute Gasteiger partial charge is 0.352 e. The fourth-order valence-corrected chi connectivity index (χ4v) is 2.60. The predicted octanol–water partition coefficient (Wildman–Crippen LogP) is 4.01. The fraction of sp³-hybridized carbons (Fsp3) is 0.375. The Kier molecular flexibility index (Phi) is 5.74. The molecular formula is C16H20N2OS. The number of benzene rings is 1. The van der Waals surface area contributed by atoms with E-state index >= 15 is 0 Å². The standard InChI is InChI=1S/C16H20N2OS/c1-2-3-4-5-15(19)18-12-13-6-8-14(9-7-13)16-17-10-11-20-16/h6-11H,2-5,12H2,1H3,(H,18,19). The summed E-state index contributed by atoms with van der Waals surface area (Å²) >= 11 is 1.63. The van der Waals surface area contributed by atoms with Gasteiger partial charge in [-0.1, -0.05) is 44.0 Å². The molecule has 1 N–H and O–H groups in total. The Bertz CT molecular complexity index is 520. The van der Waals surface area contributed by atoms with Gasteiger partial charge < -0.3 is 5.32 Å². The summed E-state index contributed by atoms with van der Waals surface area (Å²) in [6.07, 6.45) is 5.68. The summed E-state index contributed by atoms with van der Waals surface area (Å²) in [5, 5.41) is 5.96. The zero-order chi connectivity index (χ0) is 14.2. The van der Waals surface area contributed by atoms with Crippen molar-refractivity contribution in [1.82, 2.24) is 10.3 Å². The van der Waals surface area contributed by atoms with Gasteiger partial charge in [-0.15, -0.1) is 11.3 Å². The van der Waals surface area contributed by atoms with Gasteiger partial charge in [0.15, 0.2) is 0 Å². The van der Waals surface area contributed by atoms with E-state index in [4.69, 9.17) is 0 Å². The molecule has 0 aliphatic heterocycles. The molecule has 4 heteroatoms. The Hall–Kier alpha value is -1.68. The highest BCUT2D eigenvalue weighted by molar-refractivity contribution is 7.13. The summed E-state index contributed by atoms with van der Waals surface area (Å²) < 4.78 is 0. The Morgan fingerprint density at radius 3 is 2.70 bits per heavy atom. The summed E-state index contributed by atoms with van der Waals surface area (Å²) in [4.78, 5) is 15.9. The SMILES string of the molecule is CCCCCC(=O)NCc1ccc(-c2nccs2)cc1. The second-order valence-electron chi connectivity index (χ2n) is 4.77. The van der Waals surface area contributed by atoms with E-state index in [1.807, 2.05) is 23.7 Å². The molecule has 0 atom stereocenters. The van der Waals surface area contributed by atoms with Crippen molar-refractivity contribution in [3.8, 4) is 10.6 Å². The van der Waals surface area contributed by atoms with Crippen LogP contribution in [-0.2, 0) is 11.3 Å². The monoisotopic (exact) mass is 288 g/mol.